The molecule has 3 rings (SSSR count). The molecule has 1 N–H and O–H groups in total. The highest BCUT2D eigenvalue weighted by molar-refractivity contribution is 5.76. The number of nitrogens with one attached hydrogen (secondary N) is 1. The van der Waals surface area contributed by atoms with E-state index in [-0.39, 0.29) is 30.0 Å². The number of rotatable bonds is 4. The Balaban J connectivity index is 1.69. The van der Waals surface area contributed by atoms with E-state index in [1.165, 1.54) is 10.7 Å². The summed E-state index contributed by atoms with van der Waals surface area (Å²) in [5, 5.41) is 11.2. The van der Waals surface area contributed by atoms with Crippen LogP contribution in [0.25, 0.3) is 0 Å². The number of aryl methyl sites for hydroxylation is 1. The monoisotopic (exact) mass is 346 g/mol. The molecule has 1 fully saturated rings. The molecule has 0 saturated carbocycles. The van der Waals surface area contributed by atoms with Crippen molar-refractivity contribution in [2.24, 2.45) is 0 Å². The minimum Gasteiger partial charge on any atom is -0.367 e. The van der Waals surface area contributed by atoms with E-state index in [2.05, 4.69) is 20.3 Å². The van der Waals surface area contributed by atoms with Crippen molar-refractivity contribution >= 4 is 5.91 Å². The zero-order valence-corrected chi connectivity index (χ0v) is 14.6. The fourth-order valence-corrected chi connectivity index (χ4v) is 2.62. The molecule has 2 aromatic heterocycles. The second-order valence-electron chi connectivity index (χ2n) is 6.40. The number of nitrogens with zero attached hydrogens (tertiary/aromatic N) is 5. The van der Waals surface area contributed by atoms with Gasteiger partial charge in [-0.25, -0.2) is 9.67 Å². The summed E-state index contributed by atoms with van der Waals surface area (Å²) in [6.45, 7) is 6.97. The van der Waals surface area contributed by atoms with Crippen LogP contribution in [-0.2, 0) is 16.1 Å². The molecule has 134 valence electrons. The SMILES string of the molecule is Cc1ccc(=O)n(CC(=O)N2CCO[C@H](c3nc(C(C)C)n[nH]3)C2)n1. The van der Waals surface area contributed by atoms with Crippen molar-refractivity contribution in [1.82, 2.24) is 29.9 Å². The predicted octanol–water partition coefficient (Wildman–Crippen LogP) is 0.393. The van der Waals surface area contributed by atoms with Crippen molar-refractivity contribution < 1.29 is 9.53 Å². The molecule has 2 aromatic rings. The first-order chi connectivity index (χ1) is 11.9. The van der Waals surface area contributed by atoms with E-state index >= 15 is 0 Å². The van der Waals surface area contributed by atoms with Gasteiger partial charge in [-0.1, -0.05) is 13.8 Å². The van der Waals surface area contributed by atoms with Gasteiger partial charge in [0.05, 0.1) is 18.8 Å². The molecule has 1 aliphatic rings. The Morgan fingerprint density at radius 2 is 2.24 bits per heavy atom. The lowest BCUT2D eigenvalue weighted by molar-refractivity contribution is -0.140. The summed E-state index contributed by atoms with van der Waals surface area (Å²) in [4.78, 5) is 30.5. The first kappa shape index (κ1) is 17.3. The number of carbonyl (C=O) groups excluding carboxylic acids is 1. The molecule has 0 bridgehead atoms. The van der Waals surface area contributed by atoms with Gasteiger partial charge in [0.15, 0.2) is 11.6 Å². The highest BCUT2D eigenvalue weighted by Crippen LogP contribution is 2.20. The highest BCUT2D eigenvalue weighted by atomic mass is 16.5. The number of morpholine rings is 1. The van der Waals surface area contributed by atoms with Gasteiger partial charge >= 0.3 is 0 Å². The van der Waals surface area contributed by atoms with Crippen molar-refractivity contribution in [3.63, 3.8) is 0 Å². The topological polar surface area (TPSA) is 106 Å². The van der Waals surface area contributed by atoms with Gasteiger partial charge in [0.25, 0.3) is 5.56 Å². The molecule has 1 aliphatic heterocycles. The average Bonchev–Trinajstić information content (AvgIpc) is 3.09. The second kappa shape index (κ2) is 7.14. The van der Waals surface area contributed by atoms with E-state index in [1.807, 2.05) is 13.8 Å². The largest absolute Gasteiger partial charge is 0.367 e. The third-order valence-corrected chi connectivity index (χ3v) is 4.05. The minimum absolute atomic E-state index is 0.0825. The molecule has 0 radical (unpaired) electrons. The quantitative estimate of drug-likeness (QED) is 0.858. The van der Waals surface area contributed by atoms with Crippen LogP contribution in [0.3, 0.4) is 0 Å². The molecule has 9 nitrogen and oxygen atoms in total. The normalized spacial score (nSPS) is 17.9. The van der Waals surface area contributed by atoms with Crippen molar-refractivity contribution in [1.29, 1.82) is 0 Å². The molecule has 0 aromatic carbocycles. The van der Waals surface area contributed by atoms with Gasteiger partial charge in [-0.15, -0.1) is 0 Å². The van der Waals surface area contributed by atoms with E-state index in [1.54, 1.807) is 17.9 Å². The van der Waals surface area contributed by atoms with E-state index in [0.717, 1.165) is 5.82 Å². The molecule has 0 unspecified atom stereocenters. The summed E-state index contributed by atoms with van der Waals surface area (Å²) in [5.41, 5.74) is 0.399. The molecule has 0 spiro atoms. The fourth-order valence-electron chi connectivity index (χ4n) is 2.62. The van der Waals surface area contributed by atoms with Gasteiger partial charge in [-0.05, 0) is 13.0 Å². The number of aromatic amines is 1. The van der Waals surface area contributed by atoms with E-state index < -0.39 is 0 Å². The van der Waals surface area contributed by atoms with Crippen LogP contribution in [0.15, 0.2) is 16.9 Å². The van der Waals surface area contributed by atoms with Crippen molar-refractivity contribution in [3.05, 3.63) is 39.8 Å². The second-order valence-corrected chi connectivity index (χ2v) is 6.40. The number of hydrogen-bond donors (Lipinski definition) is 1. The van der Waals surface area contributed by atoms with Crippen LogP contribution in [0.5, 0.6) is 0 Å². The maximum absolute atomic E-state index is 12.5. The summed E-state index contributed by atoms with van der Waals surface area (Å²) in [6.07, 6.45) is -0.347. The van der Waals surface area contributed by atoms with Crippen LogP contribution in [0.2, 0.25) is 0 Å². The van der Waals surface area contributed by atoms with Crippen LogP contribution < -0.4 is 5.56 Å². The summed E-state index contributed by atoms with van der Waals surface area (Å²) >= 11 is 0. The molecule has 3 heterocycles. The Morgan fingerprint density at radius 1 is 1.44 bits per heavy atom. The lowest BCUT2D eigenvalue weighted by atomic mass is 10.2. The zero-order valence-electron chi connectivity index (χ0n) is 14.6. The predicted molar refractivity (Wildman–Crippen MR) is 89.0 cm³/mol. The number of amides is 1. The van der Waals surface area contributed by atoms with Gasteiger partial charge in [0.2, 0.25) is 5.91 Å². The number of ether oxygens (including phenoxy) is 1. The van der Waals surface area contributed by atoms with Crippen LogP contribution in [0, 0.1) is 6.92 Å². The summed E-state index contributed by atoms with van der Waals surface area (Å²) in [6, 6.07) is 3.05. The standard InChI is InChI=1S/C16H22N6O3/c1-10(2)15-17-16(19-18-15)12-8-21(6-7-25-12)14(24)9-22-13(23)5-4-11(3)20-22/h4-5,10,12H,6-9H2,1-3H3,(H,17,18,19)/t12-/m0/s1. The van der Waals surface area contributed by atoms with Crippen molar-refractivity contribution in [3.8, 4) is 0 Å². The third-order valence-electron chi connectivity index (χ3n) is 4.05. The lowest BCUT2D eigenvalue weighted by Crippen LogP contribution is -2.45. The lowest BCUT2D eigenvalue weighted by Gasteiger charge is -2.31. The van der Waals surface area contributed by atoms with Gasteiger partial charge < -0.3 is 9.64 Å². The number of hydrogen-bond acceptors (Lipinski definition) is 6. The van der Waals surface area contributed by atoms with Gasteiger partial charge in [0.1, 0.15) is 12.6 Å². The minimum atomic E-state index is -0.347. The van der Waals surface area contributed by atoms with Gasteiger partial charge in [-0.3, -0.25) is 14.7 Å². The first-order valence-corrected chi connectivity index (χ1v) is 8.30. The summed E-state index contributed by atoms with van der Waals surface area (Å²) in [7, 11) is 0. The summed E-state index contributed by atoms with van der Waals surface area (Å²) in [5.74, 6) is 1.38. The Kier molecular flexibility index (Phi) is 4.93. The Hall–Kier alpha value is -2.55. The molecule has 25 heavy (non-hydrogen) atoms. The molecule has 0 aliphatic carbocycles. The molecule has 1 amide bonds. The smallest absolute Gasteiger partial charge is 0.267 e. The molecular weight excluding hydrogens is 324 g/mol. The van der Waals surface area contributed by atoms with Crippen molar-refractivity contribution in [2.45, 2.75) is 39.3 Å². The van der Waals surface area contributed by atoms with Crippen LogP contribution in [-0.4, -0.2) is 55.5 Å². The first-order valence-electron chi connectivity index (χ1n) is 8.30. The van der Waals surface area contributed by atoms with Gasteiger partial charge in [0, 0.05) is 18.5 Å². The van der Waals surface area contributed by atoms with Crippen LogP contribution >= 0.6 is 0 Å². The van der Waals surface area contributed by atoms with Crippen LogP contribution in [0.1, 0.15) is 43.2 Å². The number of aromatic nitrogens is 5. The number of carbonyl (C=O) groups is 1. The Labute approximate surface area is 145 Å². The van der Waals surface area contributed by atoms with E-state index in [4.69, 9.17) is 4.74 Å². The Bertz CT molecular complexity index is 812. The maximum Gasteiger partial charge on any atom is 0.267 e. The maximum atomic E-state index is 12.5. The van der Waals surface area contributed by atoms with Crippen molar-refractivity contribution in [2.75, 3.05) is 19.7 Å². The number of H-pyrrole nitrogens is 1. The zero-order chi connectivity index (χ0) is 18.0. The highest BCUT2D eigenvalue weighted by Gasteiger charge is 2.28. The van der Waals surface area contributed by atoms with E-state index in [9.17, 15) is 9.59 Å². The van der Waals surface area contributed by atoms with Gasteiger partial charge in [-0.2, -0.15) is 10.2 Å². The average molecular weight is 346 g/mol. The van der Waals surface area contributed by atoms with E-state index in [0.29, 0.717) is 31.2 Å². The molecular formula is C16H22N6O3. The van der Waals surface area contributed by atoms with Crippen LogP contribution in [0.4, 0.5) is 0 Å². The molecule has 9 heteroatoms. The molecule has 1 saturated heterocycles. The Morgan fingerprint density at radius 3 is 2.96 bits per heavy atom. The third kappa shape index (κ3) is 3.93. The fraction of sp³-hybridized carbons (Fsp3) is 0.562. The molecule has 1 atom stereocenters. The summed E-state index contributed by atoms with van der Waals surface area (Å²) < 4.78 is 6.91.